The lowest BCUT2D eigenvalue weighted by atomic mass is 10.2. The summed E-state index contributed by atoms with van der Waals surface area (Å²) >= 11 is 1.41. The van der Waals surface area contributed by atoms with Crippen LogP contribution in [0.2, 0.25) is 0 Å². The minimum absolute atomic E-state index is 0.0177. The number of nitrogens with one attached hydrogen (secondary N) is 1. The molecule has 1 aromatic heterocycles. The van der Waals surface area contributed by atoms with Crippen LogP contribution in [0.4, 0.5) is 0 Å². The summed E-state index contributed by atoms with van der Waals surface area (Å²) in [6, 6.07) is 1.79. The van der Waals surface area contributed by atoms with Gasteiger partial charge in [0.25, 0.3) is 0 Å². The van der Waals surface area contributed by atoms with Crippen molar-refractivity contribution < 1.29 is 9.53 Å². The number of rotatable bonds is 5. The number of thioether (sulfide) groups is 1. The Bertz CT molecular complexity index is 355. The Morgan fingerprint density at radius 3 is 3.29 bits per heavy atom. The van der Waals surface area contributed by atoms with Gasteiger partial charge in [-0.1, -0.05) is 11.8 Å². The van der Waals surface area contributed by atoms with E-state index in [9.17, 15) is 4.79 Å². The largest absolute Gasteiger partial charge is 0.376 e. The van der Waals surface area contributed by atoms with E-state index in [-0.39, 0.29) is 12.0 Å². The van der Waals surface area contributed by atoms with Gasteiger partial charge in [0, 0.05) is 19.3 Å². The zero-order valence-corrected chi connectivity index (χ0v) is 10.3. The molecule has 1 aliphatic heterocycles. The van der Waals surface area contributed by atoms with Gasteiger partial charge in [-0.2, -0.15) is 0 Å². The smallest absolute Gasteiger partial charge is 0.230 e. The molecule has 0 unspecified atom stereocenters. The average molecular weight is 253 g/mol. The van der Waals surface area contributed by atoms with Crippen LogP contribution in [-0.4, -0.2) is 40.9 Å². The number of hydrogen-bond donors (Lipinski definition) is 1. The van der Waals surface area contributed by atoms with Gasteiger partial charge in [0.05, 0.1) is 16.9 Å². The number of carbonyl (C=O) groups excluding carboxylic acids is 1. The fourth-order valence-electron chi connectivity index (χ4n) is 1.59. The Hall–Kier alpha value is -1.14. The highest BCUT2D eigenvalue weighted by Gasteiger charge is 2.16. The second kappa shape index (κ2) is 6.56. The molecule has 6 heteroatoms. The molecule has 1 aliphatic rings. The molecule has 1 fully saturated rings. The molecule has 2 rings (SSSR count). The highest BCUT2D eigenvalue weighted by molar-refractivity contribution is 7.99. The summed E-state index contributed by atoms with van der Waals surface area (Å²) in [6.45, 7) is 1.43. The van der Waals surface area contributed by atoms with Crippen LogP contribution in [0.25, 0.3) is 0 Å². The topological polar surface area (TPSA) is 64.1 Å². The van der Waals surface area contributed by atoms with Crippen molar-refractivity contribution in [1.29, 1.82) is 0 Å². The lowest BCUT2D eigenvalue weighted by molar-refractivity contribution is -0.119. The van der Waals surface area contributed by atoms with Crippen LogP contribution in [0.1, 0.15) is 12.8 Å². The van der Waals surface area contributed by atoms with Gasteiger partial charge in [-0.3, -0.25) is 4.79 Å². The minimum atomic E-state index is 0.0177. The van der Waals surface area contributed by atoms with Crippen molar-refractivity contribution in [3.8, 4) is 0 Å². The number of carbonyl (C=O) groups is 1. The molecule has 92 valence electrons. The number of amides is 1. The Kier molecular flexibility index (Phi) is 4.75. The highest BCUT2D eigenvalue weighted by atomic mass is 32.2. The van der Waals surface area contributed by atoms with Crippen LogP contribution in [0.15, 0.2) is 23.6 Å². The van der Waals surface area contributed by atoms with E-state index in [0.29, 0.717) is 12.3 Å². The van der Waals surface area contributed by atoms with Crippen molar-refractivity contribution in [3.63, 3.8) is 0 Å². The molecule has 1 atom stereocenters. The standard InChI is InChI=1S/C11H15N3O2S/c15-10(13-6-9-2-1-5-16-9)7-17-11-3-4-12-8-14-11/h3-4,8-9H,1-2,5-7H2,(H,13,15)/t9-/m0/s1. The van der Waals surface area contributed by atoms with E-state index in [2.05, 4.69) is 15.3 Å². The van der Waals surface area contributed by atoms with E-state index in [1.807, 2.05) is 0 Å². The minimum Gasteiger partial charge on any atom is -0.376 e. The Labute approximate surface area is 104 Å². The van der Waals surface area contributed by atoms with E-state index in [0.717, 1.165) is 24.5 Å². The molecular weight excluding hydrogens is 238 g/mol. The zero-order chi connectivity index (χ0) is 11.9. The van der Waals surface area contributed by atoms with Gasteiger partial charge in [0.1, 0.15) is 6.33 Å². The maximum atomic E-state index is 11.5. The fourth-order valence-corrected chi connectivity index (χ4v) is 2.25. The molecule has 1 aromatic rings. The molecule has 0 saturated carbocycles. The third-order valence-electron chi connectivity index (χ3n) is 2.46. The summed E-state index contributed by atoms with van der Waals surface area (Å²) in [6.07, 6.45) is 5.48. The molecular formula is C11H15N3O2S. The third-order valence-corrected chi connectivity index (χ3v) is 3.40. The first-order valence-corrected chi connectivity index (χ1v) is 6.60. The molecule has 17 heavy (non-hydrogen) atoms. The predicted octanol–water partition coefficient (Wildman–Crippen LogP) is 0.864. The van der Waals surface area contributed by atoms with Gasteiger partial charge in [-0.15, -0.1) is 0 Å². The third kappa shape index (κ3) is 4.32. The van der Waals surface area contributed by atoms with Gasteiger partial charge in [0.2, 0.25) is 5.91 Å². The number of aromatic nitrogens is 2. The van der Waals surface area contributed by atoms with E-state index in [1.54, 1.807) is 12.3 Å². The van der Waals surface area contributed by atoms with E-state index < -0.39 is 0 Å². The summed E-state index contributed by atoms with van der Waals surface area (Å²) in [4.78, 5) is 19.4. The lowest BCUT2D eigenvalue weighted by Crippen LogP contribution is -2.32. The summed E-state index contributed by atoms with van der Waals surface area (Å²) in [5, 5.41) is 3.68. The monoisotopic (exact) mass is 253 g/mol. The van der Waals surface area contributed by atoms with Gasteiger partial charge >= 0.3 is 0 Å². The van der Waals surface area contributed by atoms with Crippen molar-refractivity contribution in [1.82, 2.24) is 15.3 Å². The first kappa shape index (κ1) is 12.3. The normalized spacial score (nSPS) is 19.2. The molecule has 1 N–H and O–H groups in total. The maximum absolute atomic E-state index is 11.5. The molecule has 0 aliphatic carbocycles. The fraction of sp³-hybridized carbons (Fsp3) is 0.545. The van der Waals surface area contributed by atoms with Crippen LogP contribution < -0.4 is 5.32 Å². The second-order valence-corrected chi connectivity index (χ2v) is 4.77. The first-order valence-electron chi connectivity index (χ1n) is 5.62. The molecule has 5 nitrogen and oxygen atoms in total. The Morgan fingerprint density at radius 1 is 1.65 bits per heavy atom. The SMILES string of the molecule is O=C(CSc1ccncn1)NC[C@@H]1CCCO1. The van der Waals surface area contributed by atoms with Gasteiger partial charge in [-0.05, 0) is 18.9 Å². The van der Waals surface area contributed by atoms with Crippen LogP contribution >= 0.6 is 11.8 Å². The van der Waals surface area contributed by atoms with E-state index in [1.165, 1.54) is 18.1 Å². The van der Waals surface area contributed by atoms with E-state index >= 15 is 0 Å². The molecule has 2 heterocycles. The number of ether oxygens (including phenoxy) is 1. The van der Waals surface area contributed by atoms with E-state index in [4.69, 9.17) is 4.74 Å². The van der Waals surface area contributed by atoms with Crippen molar-refractivity contribution in [2.24, 2.45) is 0 Å². The summed E-state index contributed by atoms with van der Waals surface area (Å²) in [5.41, 5.74) is 0. The van der Waals surface area contributed by atoms with Gasteiger partial charge in [-0.25, -0.2) is 9.97 Å². The van der Waals surface area contributed by atoms with Crippen molar-refractivity contribution in [2.45, 2.75) is 24.0 Å². The van der Waals surface area contributed by atoms with Crippen molar-refractivity contribution >= 4 is 17.7 Å². The second-order valence-electron chi connectivity index (χ2n) is 3.78. The molecule has 1 saturated heterocycles. The molecule has 0 aromatic carbocycles. The van der Waals surface area contributed by atoms with Crippen LogP contribution in [0, 0.1) is 0 Å². The zero-order valence-electron chi connectivity index (χ0n) is 9.46. The lowest BCUT2D eigenvalue weighted by Gasteiger charge is -2.10. The number of nitrogens with zero attached hydrogens (tertiary/aromatic N) is 2. The molecule has 0 bridgehead atoms. The quantitative estimate of drug-likeness (QED) is 0.623. The Balaban J connectivity index is 1.64. The summed E-state index contributed by atoms with van der Waals surface area (Å²) < 4.78 is 5.42. The van der Waals surface area contributed by atoms with Gasteiger partial charge in [0.15, 0.2) is 0 Å². The maximum Gasteiger partial charge on any atom is 0.230 e. The first-order chi connectivity index (χ1) is 8.34. The Morgan fingerprint density at radius 2 is 2.59 bits per heavy atom. The van der Waals surface area contributed by atoms with Crippen LogP contribution in [-0.2, 0) is 9.53 Å². The van der Waals surface area contributed by atoms with Crippen LogP contribution in [0.3, 0.4) is 0 Å². The number of hydrogen-bond acceptors (Lipinski definition) is 5. The van der Waals surface area contributed by atoms with Crippen molar-refractivity contribution in [3.05, 3.63) is 18.6 Å². The average Bonchev–Trinajstić information content (AvgIpc) is 2.88. The predicted molar refractivity (Wildman–Crippen MR) is 64.7 cm³/mol. The van der Waals surface area contributed by atoms with Crippen LogP contribution in [0.5, 0.6) is 0 Å². The molecule has 0 spiro atoms. The summed E-state index contributed by atoms with van der Waals surface area (Å²) in [5.74, 6) is 0.396. The highest BCUT2D eigenvalue weighted by Crippen LogP contribution is 2.13. The summed E-state index contributed by atoms with van der Waals surface area (Å²) in [7, 11) is 0. The molecule has 1 amide bonds. The molecule has 0 radical (unpaired) electrons. The van der Waals surface area contributed by atoms with Gasteiger partial charge < -0.3 is 10.1 Å². The van der Waals surface area contributed by atoms with Crippen molar-refractivity contribution in [2.75, 3.05) is 18.9 Å².